The van der Waals surface area contributed by atoms with Gasteiger partial charge in [-0.05, 0) is 30.9 Å². The van der Waals surface area contributed by atoms with Crippen LogP contribution in [0.1, 0.15) is 30.1 Å². The highest BCUT2D eigenvalue weighted by Crippen LogP contribution is 2.39. The number of ether oxygens (including phenoxy) is 2. The molecule has 3 heterocycles. The maximum atomic E-state index is 13.7. The fourth-order valence-electron chi connectivity index (χ4n) is 3.57. The molecule has 1 fully saturated rings. The van der Waals surface area contributed by atoms with Gasteiger partial charge in [-0.15, -0.1) is 0 Å². The third-order valence-corrected chi connectivity index (χ3v) is 5.35. The van der Waals surface area contributed by atoms with Gasteiger partial charge in [0.2, 0.25) is 0 Å². The van der Waals surface area contributed by atoms with Gasteiger partial charge < -0.3 is 19.8 Å². The Labute approximate surface area is 168 Å². The van der Waals surface area contributed by atoms with Gasteiger partial charge in [0.05, 0.1) is 18.0 Å². The highest BCUT2D eigenvalue weighted by Gasteiger charge is 2.36. The third-order valence-electron chi connectivity index (χ3n) is 5.35. The summed E-state index contributed by atoms with van der Waals surface area (Å²) in [5, 5.41) is 3.40. The van der Waals surface area contributed by atoms with Gasteiger partial charge in [0.15, 0.2) is 0 Å². The summed E-state index contributed by atoms with van der Waals surface area (Å²) in [4.78, 5) is 10.3. The Hall–Kier alpha value is -2.88. The fourth-order valence-corrected chi connectivity index (χ4v) is 3.57. The van der Waals surface area contributed by atoms with Crippen molar-refractivity contribution < 1.29 is 27.0 Å². The molecule has 2 N–H and O–H groups in total. The second-order valence-corrected chi connectivity index (χ2v) is 7.60. The van der Waals surface area contributed by atoms with Crippen LogP contribution < -0.4 is 10.1 Å². The molecule has 2 aliphatic rings. The van der Waals surface area contributed by atoms with Gasteiger partial charge in [-0.2, -0.15) is 13.2 Å². The van der Waals surface area contributed by atoms with E-state index in [-0.39, 0.29) is 23.5 Å². The highest BCUT2D eigenvalue weighted by molar-refractivity contribution is 5.88. The second-order valence-electron chi connectivity index (χ2n) is 7.60. The lowest BCUT2D eigenvalue weighted by Gasteiger charge is -2.34. The predicted molar refractivity (Wildman–Crippen MR) is 99.6 cm³/mol. The van der Waals surface area contributed by atoms with Crippen LogP contribution in [0.25, 0.3) is 11.0 Å². The number of hydrogen-bond donors (Lipinski definition) is 2. The lowest BCUT2D eigenvalue weighted by molar-refractivity contribution is -0.140. The zero-order valence-corrected chi connectivity index (χ0v) is 15.7. The van der Waals surface area contributed by atoms with Crippen molar-refractivity contribution in [1.82, 2.24) is 15.0 Å². The average molecular weight is 422 g/mol. The maximum Gasteiger partial charge on any atom is 0.431 e. The van der Waals surface area contributed by atoms with E-state index in [4.69, 9.17) is 9.47 Å². The number of nitrogens with zero attached hydrogens (tertiary/aromatic N) is 2. The molecule has 6 nitrogen and oxygen atoms in total. The summed E-state index contributed by atoms with van der Waals surface area (Å²) in [5.41, 5.74) is -0.180. The quantitative estimate of drug-likeness (QED) is 0.595. The van der Waals surface area contributed by atoms with Gasteiger partial charge in [0.1, 0.15) is 47.8 Å². The van der Waals surface area contributed by atoms with Crippen molar-refractivity contribution in [3.63, 3.8) is 0 Å². The molecule has 0 spiro atoms. The van der Waals surface area contributed by atoms with Crippen LogP contribution in [0.2, 0.25) is 0 Å². The first-order chi connectivity index (χ1) is 14.4. The Balaban J connectivity index is 1.51. The smallest absolute Gasteiger partial charge is 0.431 e. The summed E-state index contributed by atoms with van der Waals surface area (Å²) in [5.74, 6) is 0.683. The Bertz CT molecular complexity index is 1080. The number of alkyl halides is 3. The molecule has 10 heteroatoms. The average Bonchev–Trinajstić information content (AvgIpc) is 3.41. The normalized spacial score (nSPS) is 21.3. The first kappa shape index (κ1) is 19.1. The predicted octanol–water partition coefficient (Wildman–Crippen LogP) is 4.46. The summed E-state index contributed by atoms with van der Waals surface area (Å²) in [7, 11) is 0. The standard InChI is InChI=1S/C20H18F4N4O2/c21-11-3-4-12-14(5-11)30-8-15(29-7-10-1-2-10)17(12)28-19-13-6-16(20(22,23)24)27-18(13)25-9-26-19/h3-6,9-10,15,17H,1-2,7-8H2,(H2,25,26,27,28). The van der Waals surface area contributed by atoms with Gasteiger partial charge >= 0.3 is 6.18 Å². The van der Waals surface area contributed by atoms with Crippen molar-refractivity contribution in [3.05, 3.63) is 47.7 Å². The van der Waals surface area contributed by atoms with Crippen molar-refractivity contribution in [1.29, 1.82) is 0 Å². The zero-order valence-electron chi connectivity index (χ0n) is 15.7. The highest BCUT2D eigenvalue weighted by atomic mass is 19.4. The van der Waals surface area contributed by atoms with E-state index in [1.807, 2.05) is 0 Å². The van der Waals surface area contributed by atoms with Crippen molar-refractivity contribution in [2.75, 3.05) is 18.5 Å². The molecule has 2 unspecified atom stereocenters. The molecular weight excluding hydrogens is 404 g/mol. The number of fused-ring (bicyclic) bond motifs is 2. The number of aromatic nitrogens is 3. The van der Waals surface area contributed by atoms with Crippen molar-refractivity contribution in [3.8, 4) is 5.75 Å². The van der Waals surface area contributed by atoms with Crippen molar-refractivity contribution >= 4 is 16.9 Å². The molecule has 2 atom stereocenters. The van der Waals surface area contributed by atoms with Gasteiger partial charge in [-0.25, -0.2) is 14.4 Å². The number of anilines is 1. The van der Waals surface area contributed by atoms with E-state index in [0.717, 1.165) is 18.9 Å². The summed E-state index contributed by atoms with van der Waals surface area (Å²) < 4.78 is 64.8. The maximum absolute atomic E-state index is 13.7. The van der Waals surface area contributed by atoms with Crippen LogP contribution in [0.5, 0.6) is 5.75 Å². The van der Waals surface area contributed by atoms with E-state index >= 15 is 0 Å². The van der Waals surface area contributed by atoms with Crippen LogP contribution in [0.4, 0.5) is 23.4 Å². The number of aromatic amines is 1. The molecule has 1 saturated carbocycles. The lowest BCUT2D eigenvalue weighted by Crippen LogP contribution is -2.38. The Morgan fingerprint density at radius 1 is 1.20 bits per heavy atom. The van der Waals surface area contributed by atoms with Crippen LogP contribution in [0.3, 0.4) is 0 Å². The fraction of sp³-hybridized carbons (Fsp3) is 0.400. The number of hydrogen-bond acceptors (Lipinski definition) is 5. The second kappa shape index (κ2) is 7.12. The number of benzene rings is 1. The van der Waals surface area contributed by atoms with Gasteiger partial charge in [0, 0.05) is 11.6 Å². The number of H-pyrrole nitrogens is 1. The molecule has 0 bridgehead atoms. The summed E-state index contributed by atoms with van der Waals surface area (Å²) in [6.45, 7) is 0.764. The van der Waals surface area contributed by atoms with Crippen LogP contribution in [0, 0.1) is 11.7 Å². The van der Waals surface area contributed by atoms with Crippen LogP contribution in [-0.2, 0) is 10.9 Å². The summed E-state index contributed by atoms with van der Waals surface area (Å²) in [6.07, 6.45) is -1.52. The molecule has 0 amide bonds. The number of halogens is 4. The topological polar surface area (TPSA) is 72.1 Å². The SMILES string of the molecule is Fc1ccc2c(c1)OCC(OCC1CC1)C2Nc1ncnc2[nH]c(C(F)(F)F)cc12. The van der Waals surface area contributed by atoms with E-state index in [9.17, 15) is 17.6 Å². The minimum Gasteiger partial charge on any atom is -0.490 e. The Kier molecular flexibility index (Phi) is 4.53. The Morgan fingerprint density at radius 3 is 2.80 bits per heavy atom. The molecular formula is C20H18F4N4O2. The lowest BCUT2D eigenvalue weighted by atomic mass is 9.97. The van der Waals surface area contributed by atoms with Crippen molar-refractivity contribution in [2.45, 2.75) is 31.2 Å². The van der Waals surface area contributed by atoms with Crippen molar-refractivity contribution in [2.24, 2.45) is 5.92 Å². The molecule has 0 saturated heterocycles. The van der Waals surface area contributed by atoms with E-state index in [1.54, 1.807) is 6.07 Å². The molecule has 158 valence electrons. The summed E-state index contributed by atoms with van der Waals surface area (Å²) >= 11 is 0. The molecule has 0 radical (unpaired) electrons. The van der Waals surface area contributed by atoms with Crippen LogP contribution >= 0.6 is 0 Å². The number of rotatable bonds is 5. The Morgan fingerprint density at radius 2 is 2.03 bits per heavy atom. The first-order valence-electron chi connectivity index (χ1n) is 9.60. The molecule has 1 aromatic carbocycles. The molecule has 1 aliphatic carbocycles. The monoisotopic (exact) mass is 422 g/mol. The van der Waals surface area contributed by atoms with Gasteiger partial charge in [0.25, 0.3) is 0 Å². The van der Waals surface area contributed by atoms with E-state index in [1.165, 1.54) is 18.5 Å². The third kappa shape index (κ3) is 3.67. The minimum atomic E-state index is -4.53. The van der Waals surface area contributed by atoms with Crippen LogP contribution in [-0.4, -0.2) is 34.3 Å². The van der Waals surface area contributed by atoms with Gasteiger partial charge in [-0.1, -0.05) is 6.07 Å². The van der Waals surface area contributed by atoms with E-state index < -0.39 is 29.8 Å². The van der Waals surface area contributed by atoms with Crippen LogP contribution in [0.15, 0.2) is 30.6 Å². The molecule has 1 aliphatic heterocycles. The first-order valence-corrected chi connectivity index (χ1v) is 9.60. The largest absolute Gasteiger partial charge is 0.490 e. The van der Waals surface area contributed by atoms with E-state index in [0.29, 0.717) is 23.8 Å². The molecule has 30 heavy (non-hydrogen) atoms. The number of nitrogens with one attached hydrogen (secondary N) is 2. The van der Waals surface area contributed by atoms with E-state index in [2.05, 4.69) is 20.3 Å². The molecule has 3 aromatic rings. The minimum absolute atomic E-state index is 0.0710. The summed E-state index contributed by atoms with van der Waals surface area (Å²) in [6, 6.07) is 4.69. The van der Waals surface area contributed by atoms with Gasteiger partial charge in [-0.3, -0.25) is 0 Å². The zero-order chi connectivity index (χ0) is 20.9. The molecule has 5 rings (SSSR count). The molecule has 2 aromatic heterocycles.